The lowest BCUT2D eigenvalue weighted by molar-refractivity contribution is -0.137. The molecular weight excluding hydrogens is 533 g/mol. The number of nitrogens with zero attached hydrogens (tertiary/aromatic N) is 4. The van der Waals surface area contributed by atoms with E-state index in [-0.39, 0.29) is 18.0 Å². The van der Waals surface area contributed by atoms with Crippen molar-refractivity contribution in [2.75, 3.05) is 44.2 Å². The highest BCUT2D eigenvalue weighted by atomic mass is 19.4. The molecule has 0 aliphatic carbocycles. The van der Waals surface area contributed by atoms with Gasteiger partial charge in [0.05, 0.1) is 36.3 Å². The third-order valence-corrected chi connectivity index (χ3v) is 6.82. The number of rotatable bonds is 8. The number of nitrogens with two attached hydrogens (primary N) is 1. The molecule has 1 aromatic heterocycles. The van der Waals surface area contributed by atoms with Gasteiger partial charge in [-0.2, -0.15) is 13.2 Å². The van der Waals surface area contributed by atoms with Crippen molar-refractivity contribution in [1.82, 2.24) is 14.9 Å². The summed E-state index contributed by atoms with van der Waals surface area (Å²) < 4.78 is 46.0. The highest BCUT2D eigenvalue weighted by molar-refractivity contribution is 5.93. The summed E-state index contributed by atoms with van der Waals surface area (Å²) in [5.41, 5.74) is 8.37. The molecule has 8 nitrogen and oxygen atoms in total. The van der Waals surface area contributed by atoms with Gasteiger partial charge in [-0.05, 0) is 61.9 Å². The summed E-state index contributed by atoms with van der Waals surface area (Å²) in [7, 11) is 6.86. The molecule has 4 rings (SSSR count). The molecule has 0 spiro atoms. The quantitative estimate of drug-likeness (QED) is 0.248. The van der Waals surface area contributed by atoms with Crippen molar-refractivity contribution in [3.8, 4) is 5.75 Å². The van der Waals surface area contributed by atoms with Gasteiger partial charge in [0.25, 0.3) is 0 Å². The summed E-state index contributed by atoms with van der Waals surface area (Å²) in [6.45, 7) is 3.50. The van der Waals surface area contributed by atoms with Crippen LogP contribution in [0.5, 0.6) is 5.75 Å². The van der Waals surface area contributed by atoms with Gasteiger partial charge >= 0.3 is 6.18 Å². The van der Waals surface area contributed by atoms with Crippen molar-refractivity contribution in [3.63, 3.8) is 0 Å². The van der Waals surface area contributed by atoms with Gasteiger partial charge in [0.2, 0.25) is 5.91 Å². The van der Waals surface area contributed by atoms with Crippen molar-refractivity contribution in [3.05, 3.63) is 77.1 Å². The Morgan fingerprint density at radius 2 is 1.80 bits per heavy atom. The standard InChI is InChI=1S/C30H33F3N6O2/c1-17(20-12-21(30(31,32)33)15-22(34)13-20)35-29-24-16-23(10-11-25(24)36-18(2)37-29)39(5)26-9-7-8-19(28(26)41-6)14-27(40)38(3)4/h7-13,15-17H,14,34H2,1-6H3,(H,35,36,37)/t17-/m1/s1. The first-order valence-electron chi connectivity index (χ1n) is 12.9. The molecule has 3 N–H and O–H groups in total. The highest BCUT2D eigenvalue weighted by Gasteiger charge is 2.31. The van der Waals surface area contributed by atoms with Gasteiger partial charge in [0.1, 0.15) is 17.4 Å². The lowest BCUT2D eigenvalue weighted by Gasteiger charge is -2.25. The van der Waals surface area contributed by atoms with E-state index in [9.17, 15) is 18.0 Å². The van der Waals surface area contributed by atoms with Crippen LogP contribution in [-0.4, -0.2) is 49.0 Å². The van der Waals surface area contributed by atoms with Gasteiger partial charge in [-0.15, -0.1) is 0 Å². The fraction of sp³-hybridized carbons (Fsp3) is 0.300. The number of ether oxygens (including phenoxy) is 1. The van der Waals surface area contributed by atoms with E-state index in [0.29, 0.717) is 33.9 Å². The number of likely N-dealkylation sites (N-methyl/N-ethyl adjacent to an activating group) is 1. The maximum absolute atomic E-state index is 13.4. The molecule has 1 amide bonds. The summed E-state index contributed by atoms with van der Waals surface area (Å²) in [6, 6.07) is 14.3. The van der Waals surface area contributed by atoms with Gasteiger partial charge < -0.3 is 25.6 Å². The van der Waals surface area contributed by atoms with Crippen molar-refractivity contribution in [2.45, 2.75) is 32.5 Å². The number of benzene rings is 3. The zero-order valence-corrected chi connectivity index (χ0v) is 23.8. The lowest BCUT2D eigenvalue weighted by atomic mass is 10.0. The molecule has 11 heteroatoms. The van der Waals surface area contributed by atoms with E-state index in [0.717, 1.165) is 29.1 Å². The summed E-state index contributed by atoms with van der Waals surface area (Å²) in [5, 5.41) is 3.94. The molecule has 0 radical (unpaired) electrons. The van der Waals surface area contributed by atoms with Gasteiger partial charge in [-0.1, -0.05) is 12.1 Å². The Morgan fingerprint density at radius 3 is 2.46 bits per heavy atom. The number of fused-ring (bicyclic) bond motifs is 1. The zero-order chi connectivity index (χ0) is 30.1. The third-order valence-electron chi connectivity index (χ3n) is 6.82. The Balaban J connectivity index is 1.72. The fourth-order valence-corrected chi connectivity index (χ4v) is 4.60. The first-order chi connectivity index (χ1) is 19.3. The topological polar surface area (TPSA) is 96.6 Å². The predicted octanol–water partition coefficient (Wildman–Crippen LogP) is 6.12. The smallest absolute Gasteiger partial charge is 0.416 e. The lowest BCUT2D eigenvalue weighted by Crippen LogP contribution is -2.24. The van der Waals surface area contributed by atoms with Gasteiger partial charge in [-0.3, -0.25) is 4.79 Å². The summed E-state index contributed by atoms with van der Waals surface area (Å²) in [5.74, 6) is 1.52. The van der Waals surface area contributed by atoms with Crippen LogP contribution in [0.3, 0.4) is 0 Å². The molecule has 0 aliphatic rings. The molecule has 41 heavy (non-hydrogen) atoms. The number of halogens is 3. The van der Waals surface area contributed by atoms with Gasteiger partial charge in [0, 0.05) is 43.5 Å². The Kier molecular flexibility index (Phi) is 8.27. The molecular formula is C30H33F3N6O2. The second-order valence-corrected chi connectivity index (χ2v) is 10.1. The second kappa shape index (κ2) is 11.5. The Hall–Kier alpha value is -4.54. The monoisotopic (exact) mass is 566 g/mol. The van der Waals surface area contributed by atoms with E-state index in [4.69, 9.17) is 10.5 Å². The first-order valence-corrected chi connectivity index (χ1v) is 12.9. The van der Waals surface area contributed by atoms with E-state index >= 15 is 0 Å². The fourth-order valence-electron chi connectivity index (χ4n) is 4.60. The van der Waals surface area contributed by atoms with E-state index in [1.165, 1.54) is 11.0 Å². The molecule has 0 aliphatic heterocycles. The SMILES string of the molecule is COc1c(CC(=O)N(C)C)cccc1N(C)c1ccc2nc(C)nc(N[C@H](C)c3cc(N)cc(C(F)(F)F)c3)c2c1. The minimum atomic E-state index is -4.51. The minimum absolute atomic E-state index is 0.0274. The zero-order valence-electron chi connectivity index (χ0n) is 23.8. The summed E-state index contributed by atoms with van der Waals surface area (Å²) in [6.07, 6.45) is -4.33. The summed E-state index contributed by atoms with van der Waals surface area (Å²) in [4.78, 5) is 25.0. The van der Waals surface area contributed by atoms with Crippen LogP contribution >= 0.6 is 0 Å². The summed E-state index contributed by atoms with van der Waals surface area (Å²) >= 11 is 0. The molecule has 0 bridgehead atoms. The van der Waals surface area contributed by atoms with Crippen LogP contribution in [0.4, 0.5) is 36.1 Å². The molecule has 0 saturated carbocycles. The predicted molar refractivity (Wildman–Crippen MR) is 156 cm³/mol. The Bertz CT molecular complexity index is 1590. The molecule has 1 atom stereocenters. The van der Waals surface area contributed by atoms with Crippen molar-refractivity contribution in [2.24, 2.45) is 0 Å². The Labute approximate surface area is 236 Å². The molecule has 0 unspecified atom stereocenters. The molecule has 216 valence electrons. The number of carbonyl (C=O) groups excluding carboxylic acids is 1. The Morgan fingerprint density at radius 1 is 1.07 bits per heavy atom. The number of aryl methyl sites for hydroxylation is 1. The maximum atomic E-state index is 13.4. The maximum Gasteiger partial charge on any atom is 0.416 e. The molecule has 3 aromatic carbocycles. The molecule has 4 aromatic rings. The van der Waals surface area contributed by atoms with Crippen molar-refractivity contribution >= 4 is 39.7 Å². The molecule has 0 fully saturated rings. The number of nitrogens with one attached hydrogen (secondary N) is 1. The van der Waals surface area contributed by atoms with Crippen molar-refractivity contribution < 1.29 is 22.7 Å². The van der Waals surface area contributed by atoms with Gasteiger partial charge in [-0.25, -0.2) is 9.97 Å². The average Bonchev–Trinajstić information content (AvgIpc) is 2.91. The van der Waals surface area contributed by atoms with Crippen molar-refractivity contribution in [1.29, 1.82) is 0 Å². The van der Waals surface area contributed by atoms with E-state index in [2.05, 4.69) is 15.3 Å². The number of alkyl halides is 3. The number of para-hydroxylation sites is 1. The number of aromatic nitrogens is 2. The normalized spacial score (nSPS) is 12.2. The van der Waals surface area contributed by atoms with Crippen LogP contribution in [-0.2, 0) is 17.4 Å². The largest absolute Gasteiger partial charge is 0.494 e. The second-order valence-electron chi connectivity index (χ2n) is 10.1. The van der Waals surface area contributed by atoms with Crippen LogP contribution in [0, 0.1) is 6.92 Å². The van der Waals surface area contributed by atoms with Crippen LogP contribution in [0.15, 0.2) is 54.6 Å². The van der Waals surface area contributed by atoms with E-state index < -0.39 is 17.8 Å². The minimum Gasteiger partial charge on any atom is -0.494 e. The number of anilines is 4. The molecule has 0 saturated heterocycles. The number of amides is 1. The highest BCUT2D eigenvalue weighted by Crippen LogP contribution is 2.38. The number of nitrogen functional groups attached to an aromatic ring is 1. The number of hydrogen-bond acceptors (Lipinski definition) is 7. The third kappa shape index (κ3) is 6.45. The first kappa shape index (κ1) is 29.4. The average molecular weight is 567 g/mol. The number of carbonyl (C=O) groups is 1. The molecule has 1 heterocycles. The van der Waals surface area contributed by atoms with Gasteiger partial charge in [0.15, 0.2) is 0 Å². The van der Waals surface area contributed by atoms with Crippen LogP contribution in [0.2, 0.25) is 0 Å². The van der Waals surface area contributed by atoms with Crippen LogP contribution < -0.4 is 20.7 Å². The number of hydrogen-bond donors (Lipinski definition) is 2. The van der Waals surface area contributed by atoms with Crippen LogP contribution in [0.1, 0.15) is 35.5 Å². The van der Waals surface area contributed by atoms with E-state index in [1.807, 2.05) is 48.3 Å². The van der Waals surface area contributed by atoms with E-state index in [1.54, 1.807) is 35.1 Å². The number of methoxy groups -OCH3 is 1. The van der Waals surface area contributed by atoms with Crippen LogP contribution in [0.25, 0.3) is 10.9 Å².